The fourth-order valence-electron chi connectivity index (χ4n) is 2.52. The van der Waals surface area contributed by atoms with Gasteiger partial charge in [0.25, 0.3) is 17.5 Å². The van der Waals surface area contributed by atoms with Crippen molar-refractivity contribution in [3.05, 3.63) is 79.1 Å². The Bertz CT molecular complexity index is 1330. The Balaban J connectivity index is 2.08. The average Bonchev–Trinajstić information content (AvgIpc) is 2.70. The maximum Gasteiger partial charge on any atom is 0.437 e. The third-order valence-corrected chi connectivity index (χ3v) is 4.14. The third-order valence-electron chi connectivity index (χ3n) is 3.93. The molecule has 0 unspecified atom stereocenters. The monoisotopic (exact) mass is 473 g/mol. The maximum atomic E-state index is 13.4. The van der Waals surface area contributed by atoms with Crippen molar-refractivity contribution in [2.45, 2.75) is 19.1 Å². The van der Waals surface area contributed by atoms with E-state index in [0.29, 0.717) is 10.9 Å². The first-order chi connectivity index (χ1) is 15.0. The molecule has 0 atom stereocenters. The van der Waals surface area contributed by atoms with Crippen LogP contribution in [0.5, 0.6) is 11.5 Å². The van der Waals surface area contributed by atoms with Crippen molar-refractivity contribution in [1.29, 1.82) is 5.26 Å². The van der Waals surface area contributed by atoms with E-state index < -0.39 is 47.5 Å². The third kappa shape index (κ3) is 4.92. The number of nitrogens with zero attached hydrogens (tertiary/aromatic N) is 4. The highest BCUT2D eigenvalue weighted by molar-refractivity contribution is 6.30. The Morgan fingerprint density at radius 1 is 1.22 bits per heavy atom. The quantitative estimate of drug-likeness (QED) is 0.566. The van der Waals surface area contributed by atoms with E-state index in [2.05, 4.69) is 9.97 Å². The summed E-state index contributed by atoms with van der Waals surface area (Å²) in [5.41, 5.74) is -4.33. The molecule has 0 bridgehead atoms. The molecule has 14 heteroatoms. The van der Waals surface area contributed by atoms with Crippen molar-refractivity contribution in [3.8, 4) is 17.6 Å². The normalized spacial score (nSPS) is 11.4. The molecule has 0 aliphatic rings. The summed E-state index contributed by atoms with van der Waals surface area (Å²) >= 11 is 5.80. The van der Waals surface area contributed by atoms with Gasteiger partial charge < -0.3 is 9.72 Å². The molecular formula is C18H9ClF5N5O3. The number of nitriles is 1. The summed E-state index contributed by atoms with van der Waals surface area (Å²) in [4.78, 5) is 33.0. The number of hydrogen-bond donors (Lipinski definition) is 1. The van der Waals surface area contributed by atoms with Crippen molar-refractivity contribution in [3.63, 3.8) is 0 Å². The second kappa shape index (κ2) is 8.75. The first-order valence-corrected chi connectivity index (χ1v) is 8.79. The summed E-state index contributed by atoms with van der Waals surface area (Å²) < 4.78 is 71.1. The molecule has 0 saturated heterocycles. The highest BCUT2D eigenvalue weighted by Gasteiger charge is 2.38. The fraction of sp³-hybridized carbons (Fsp3) is 0.167. The summed E-state index contributed by atoms with van der Waals surface area (Å²) in [6, 6.07) is 5.09. The van der Waals surface area contributed by atoms with E-state index in [1.54, 1.807) is 6.07 Å². The standard InChI is InChI=1S/C18H9ClF5N5O3/c19-10-1-8(4-25)2-11(3-10)32-12-13(18(22,23)24)27-7-29(17(12)31)6-9-5-26-15(14(20)21)28-16(9)30/h1-3,5,7,14H,6H2,(H,26,28,30). The molecule has 32 heavy (non-hydrogen) atoms. The van der Waals surface area contributed by atoms with E-state index in [1.807, 2.05) is 4.98 Å². The lowest BCUT2D eigenvalue weighted by atomic mass is 10.2. The van der Waals surface area contributed by atoms with Gasteiger partial charge in [0, 0.05) is 11.2 Å². The molecular weight excluding hydrogens is 465 g/mol. The molecule has 3 aromatic rings. The van der Waals surface area contributed by atoms with Gasteiger partial charge in [0.05, 0.1) is 30.1 Å². The molecule has 0 spiro atoms. The summed E-state index contributed by atoms with van der Waals surface area (Å²) in [7, 11) is 0. The van der Waals surface area contributed by atoms with Crippen molar-refractivity contribution in [2.75, 3.05) is 0 Å². The van der Waals surface area contributed by atoms with Gasteiger partial charge in [-0.25, -0.2) is 18.7 Å². The van der Waals surface area contributed by atoms with E-state index in [9.17, 15) is 31.5 Å². The molecule has 0 radical (unpaired) electrons. The lowest BCUT2D eigenvalue weighted by Gasteiger charge is -2.14. The molecule has 3 rings (SSSR count). The number of alkyl halides is 5. The molecule has 0 aliphatic heterocycles. The Morgan fingerprint density at radius 2 is 1.94 bits per heavy atom. The first kappa shape index (κ1) is 22.9. The largest absolute Gasteiger partial charge is 0.449 e. The van der Waals surface area contributed by atoms with Gasteiger partial charge in [0.1, 0.15) is 5.75 Å². The predicted octanol–water partition coefficient (Wildman–Crippen LogP) is 3.65. The molecule has 166 valence electrons. The number of benzene rings is 1. The molecule has 1 aromatic carbocycles. The van der Waals surface area contributed by atoms with Crippen LogP contribution >= 0.6 is 11.6 Å². The molecule has 0 saturated carbocycles. The lowest BCUT2D eigenvalue weighted by molar-refractivity contribution is -0.142. The second-order valence-electron chi connectivity index (χ2n) is 6.17. The van der Waals surface area contributed by atoms with Crippen molar-refractivity contribution in [2.24, 2.45) is 0 Å². The topological polar surface area (TPSA) is 114 Å². The zero-order valence-corrected chi connectivity index (χ0v) is 16.2. The minimum Gasteiger partial charge on any atom is -0.449 e. The summed E-state index contributed by atoms with van der Waals surface area (Å²) in [5, 5.41) is 8.94. The summed E-state index contributed by atoms with van der Waals surface area (Å²) in [6.07, 6.45) is -6.84. The number of H-pyrrole nitrogens is 1. The van der Waals surface area contributed by atoms with Crippen LogP contribution in [0.3, 0.4) is 0 Å². The van der Waals surface area contributed by atoms with Gasteiger partial charge >= 0.3 is 6.18 Å². The molecule has 0 amide bonds. The van der Waals surface area contributed by atoms with Crippen LogP contribution in [0.15, 0.2) is 40.3 Å². The van der Waals surface area contributed by atoms with Crippen molar-refractivity contribution >= 4 is 11.6 Å². The number of aromatic nitrogens is 4. The SMILES string of the molecule is N#Cc1cc(Cl)cc(Oc2c(C(F)(F)F)ncn(Cc3cnc(C(F)F)[nH]c3=O)c2=O)c1. The smallest absolute Gasteiger partial charge is 0.437 e. The van der Waals surface area contributed by atoms with Gasteiger partial charge in [0.15, 0.2) is 11.5 Å². The van der Waals surface area contributed by atoms with Gasteiger partial charge in [0.2, 0.25) is 5.75 Å². The van der Waals surface area contributed by atoms with Crippen LogP contribution < -0.4 is 15.9 Å². The van der Waals surface area contributed by atoms with E-state index in [0.717, 1.165) is 18.3 Å². The number of nitrogens with one attached hydrogen (secondary N) is 1. The first-order valence-electron chi connectivity index (χ1n) is 8.41. The molecule has 0 aliphatic carbocycles. The van der Waals surface area contributed by atoms with Crippen LogP contribution in [0.1, 0.15) is 29.1 Å². The van der Waals surface area contributed by atoms with E-state index >= 15 is 0 Å². The number of halogens is 6. The molecule has 2 heterocycles. The van der Waals surface area contributed by atoms with E-state index in [1.165, 1.54) is 6.07 Å². The van der Waals surface area contributed by atoms with E-state index in [4.69, 9.17) is 21.6 Å². The van der Waals surface area contributed by atoms with Crippen LogP contribution in [-0.2, 0) is 12.7 Å². The predicted molar refractivity (Wildman–Crippen MR) is 98.7 cm³/mol. The highest BCUT2D eigenvalue weighted by atomic mass is 35.5. The van der Waals surface area contributed by atoms with Crippen LogP contribution in [0.4, 0.5) is 22.0 Å². The van der Waals surface area contributed by atoms with Crippen LogP contribution in [0, 0.1) is 11.3 Å². The Labute approximate surface area is 179 Å². The van der Waals surface area contributed by atoms with Gasteiger partial charge in [-0.05, 0) is 18.2 Å². The van der Waals surface area contributed by atoms with Gasteiger partial charge in [-0.2, -0.15) is 18.4 Å². The van der Waals surface area contributed by atoms with Crippen molar-refractivity contribution in [1.82, 2.24) is 19.5 Å². The number of hydrogen-bond acceptors (Lipinski definition) is 6. The minimum absolute atomic E-state index is 0.0337. The number of aromatic amines is 1. The average molecular weight is 474 g/mol. The number of rotatable bonds is 5. The Morgan fingerprint density at radius 3 is 2.53 bits per heavy atom. The van der Waals surface area contributed by atoms with Crippen LogP contribution in [0.25, 0.3) is 0 Å². The van der Waals surface area contributed by atoms with Gasteiger partial charge in [-0.3, -0.25) is 14.2 Å². The van der Waals surface area contributed by atoms with Gasteiger partial charge in [-0.1, -0.05) is 11.6 Å². The summed E-state index contributed by atoms with van der Waals surface area (Å²) in [6.45, 7) is -0.634. The van der Waals surface area contributed by atoms with Crippen LogP contribution in [-0.4, -0.2) is 19.5 Å². The van der Waals surface area contributed by atoms with Crippen LogP contribution in [0.2, 0.25) is 5.02 Å². The molecule has 0 fully saturated rings. The molecule has 8 nitrogen and oxygen atoms in total. The Hall–Kier alpha value is -3.79. The highest BCUT2D eigenvalue weighted by Crippen LogP contribution is 2.35. The molecule has 2 aromatic heterocycles. The summed E-state index contributed by atoms with van der Waals surface area (Å²) in [5.74, 6) is -2.48. The van der Waals surface area contributed by atoms with Crippen molar-refractivity contribution < 1.29 is 26.7 Å². The fourth-order valence-corrected chi connectivity index (χ4v) is 2.75. The zero-order chi connectivity index (χ0) is 23.6. The lowest BCUT2D eigenvalue weighted by Crippen LogP contribution is -2.29. The maximum absolute atomic E-state index is 13.4. The zero-order valence-electron chi connectivity index (χ0n) is 15.5. The number of ether oxygens (including phenoxy) is 1. The second-order valence-corrected chi connectivity index (χ2v) is 6.60. The molecule has 1 N–H and O–H groups in total. The Kier molecular flexibility index (Phi) is 6.26. The minimum atomic E-state index is -5.08. The van der Waals surface area contributed by atoms with Gasteiger partial charge in [-0.15, -0.1) is 0 Å². The van der Waals surface area contributed by atoms with E-state index in [-0.39, 0.29) is 21.9 Å².